The molecule has 0 spiro atoms. The highest BCUT2D eigenvalue weighted by Gasteiger charge is 2.15. The topological polar surface area (TPSA) is 89.3 Å². The highest BCUT2D eigenvalue weighted by atomic mass is 32.1. The number of ether oxygens (including phenoxy) is 1. The first-order valence-electron chi connectivity index (χ1n) is 7.95. The Kier molecular flexibility index (Phi) is 4.87. The third-order valence-corrected chi connectivity index (χ3v) is 5.03. The first-order valence-corrected chi connectivity index (χ1v) is 8.76. The van der Waals surface area contributed by atoms with Gasteiger partial charge in [-0.1, -0.05) is 11.3 Å². The second-order valence-corrected chi connectivity index (χ2v) is 6.62. The smallest absolute Gasteiger partial charge is 0.255 e. The maximum Gasteiger partial charge on any atom is 0.255 e. The van der Waals surface area contributed by atoms with Crippen LogP contribution in [0.2, 0.25) is 0 Å². The Morgan fingerprint density at radius 1 is 1.28 bits per heavy atom. The van der Waals surface area contributed by atoms with Crippen LogP contribution in [-0.4, -0.2) is 17.5 Å². The molecule has 4 N–H and O–H groups in total. The number of nitrogens with two attached hydrogens (primary N) is 1. The van der Waals surface area contributed by atoms with Crippen molar-refractivity contribution in [3.05, 3.63) is 47.0 Å². The van der Waals surface area contributed by atoms with E-state index in [4.69, 9.17) is 10.6 Å². The van der Waals surface area contributed by atoms with E-state index >= 15 is 0 Å². The molecule has 0 fully saturated rings. The van der Waals surface area contributed by atoms with Gasteiger partial charge in [0.05, 0.1) is 16.8 Å². The van der Waals surface area contributed by atoms with Crippen LogP contribution in [-0.2, 0) is 0 Å². The van der Waals surface area contributed by atoms with Crippen molar-refractivity contribution in [1.29, 1.82) is 0 Å². The van der Waals surface area contributed by atoms with Crippen molar-refractivity contribution < 1.29 is 9.53 Å². The number of nitrogens with one attached hydrogen (secondary N) is 2. The minimum absolute atomic E-state index is 0.157. The van der Waals surface area contributed by atoms with Gasteiger partial charge in [0.2, 0.25) is 0 Å². The molecule has 130 valence electrons. The molecule has 3 rings (SSSR count). The van der Waals surface area contributed by atoms with Crippen LogP contribution in [0.4, 0.5) is 10.8 Å². The highest BCUT2D eigenvalue weighted by Crippen LogP contribution is 2.35. The summed E-state index contributed by atoms with van der Waals surface area (Å²) in [7, 11) is 0. The third kappa shape index (κ3) is 3.42. The standard InChI is InChI=1S/C18H20N4O2S/c1-4-24-13-7-5-12(6-8-13)17(23)21-15-10(2)9-14-16(11(15)3)25-18(20-14)22-19/h5-9H,4,19H2,1-3H3,(H,20,22)(H,21,23). The van der Waals surface area contributed by atoms with Gasteiger partial charge in [-0.05, 0) is 62.2 Å². The normalized spacial score (nSPS) is 10.7. The summed E-state index contributed by atoms with van der Waals surface area (Å²) in [5.74, 6) is 6.04. The van der Waals surface area contributed by atoms with Crippen LogP contribution in [0.15, 0.2) is 30.3 Å². The number of hydrazine groups is 1. The van der Waals surface area contributed by atoms with Crippen molar-refractivity contribution in [2.75, 3.05) is 17.3 Å². The van der Waals surface area contributed by atoms with Crippen LogP contribution in [0.3, 0.4) is 0 Å². The monoisotopic (exact) mass is 356 g/mol. The number of thiazole rings is 1. The molecule has 1 amide bonds. The quantitative estimate of drug-likeness (QED) is 0.477. The van der Waals surface area contributed by atoms with Crippen LogP contribution in [0.1, 0.15) is 28.4 Å². The van der Waals surface area contributed by atoms with E-state index in [2.05, 4.69) is 15.7 Å². The van der Waals surface area contributed by atoms with Gasteiger partial charge in [0, 0.05) is 11.3 Å². The summed E-state index contributed by atoms with van der Waals surface area (Å²) in [6.07, 6.45) is 0. The first-order chi connectivity index (χ1) is 12.0. The summed E-state index contributed by atoms with van der Waals surface area (Å²) in [6, 6.07) is 9.06. The molecule has 1 heterocycles. The Morgan fingerprint density at radius 2 is 2.00 bits per heavy atom. The van der Waals surface area contributed by atoms with Gasteiger partial charge in [-0.2, -0.15) is 0 Å². The molecule has 0 aliphatic carbocycles. The maximum absolute atomic E-state index is 12.6. The maximum atomic E-state index is 12.6. The van der Waals surface area contributed by atoms with Gasteiger partial charge in [-0.3, -0.25) is 10.2 Å². The third-order valence-electron chi connectivity index (χ3n) is 3.91. The number of carbonyl (C=O) groups excluding carboxylic acids is 1. The van der Waals surface area contributed by atoms with E-state index in [0.717, 1.165) is 32.8 Å². The molecule has 0 radical (unpaired) electrons. The lowest BCUT2D eigenvalue weighted by Crippen LogP contribution is -2.13. The molecule has 0 unspecified atom stereocenters. The van der Waals surface area contributed by atoms with E-state index in [1.165, 1.54) is 11.3 Å². The number of hydrogen-bond acceptors (Lipinski definition) is 6. The highest BCUT2D eigenvalue weighted by molar-refractivity contribution is 7.22. The summed E-state index contributed by atoms with van der Waals surface area (Å²) in [6.45, 7) is 6.45. The van der Waals surface area contributed by atoms with Crippen molar-refractivity contribution >= 4 is 38.3 Å². The largest absolute Gasteiger partial charge is 0.494 e. The van der Waals surface area contributed by atoms with Gasteiger partial charge in [-0.15, -0.1) is 0 Å². The van der Waals surface area contributed by atoms with Crippen molar-refractivity contribution in [2.24, 2.45) is 5.84 Å². The molecular formula is C18H20N4O2S. The average Bonchev–Trinajstić information content (AvgIpc) is 3.02. The molecule has 25 heavy (non-hydrogen) atoms. The van der Waals surface area contributed by atoms with Crippen LogP contribution in [0.25, 0.3) is 10.2 Å². The van der Waals surface area contributed by atoms with Gasteiger partial charge < -0.3 is 10.1 Å². The Labute approximate surface area is 150 Å². The van der Waals surface area contributed by atoms with E-state index < -0.39 is 0 Å². The number of nitrogen functional groups attached to an aromatic ring is 1. The van der Waals surface area contributed by atoms with Crippen LogP contribution >= 0.6 is 11.3 Å². The molecule has 2 aromatic carbocycles. The number of anilines is 2. The summed E-state index contributed by atoms with van der Waals surface area (Å²) in [4.78, 5) is 17.0. The SMILES string of the molecule is CCOc1ccc(C(=O)Nc2c(C)cc3nc(NN)sc3c2C)cc1. The predicted octanol–water partition coefficient (Wildman–Crippen LogP) is 3.85. The lowest BCUT2D eigenvalue weighted by molar-refractivity contribution is 0.102. The van der Waals surface area contributed by atoms with E-state index in [-0.39, 0.29) is 5.91 Å². The average molecular weight is 356 g/mol. The Bertz CT molecular complexity index is 919. The van der Waals surface area contributed by atoms with Crippen LogP contribution < -0.4 is 21.3 Å². The van der Waals surface area contributed by atoms with Gasteiger partial charge in [-0.25, -0.2) is 10.8 Å². The predicted molar refractivity (Wildman–Crippen MR) is 102 cm³/mol. The number of amides is 1. The number of benzene rings is 2. The number of carbonyl (C=O) groups is 1. The first kappa shape index (κ1) is 17.2. The van der Waals surface area contributed by atoms with Gasteiger partial charge in [0.25, 0.3) is 5.91 Å². The molecule has 0 aliphatic heterocycles. The zero-order valence-electron chi connectivity index (χ0n) is 14.3. The molecule has 0 bridgehead atoms. The molecule has 0 saturated carbocycles. The van der Waals surface area contributed by atoms with E-state index in [1.54, 1.807) is 24.3 Å². The Morgan fingerprint density at radius 3 is 2.64 bits per heavy atom. The summed E-state index contributed by atoms with van der Waals surface area (Å²) < 4.78 is 6.41. The molecule has 0 aliphatic rings. The number of aromatic nitrogens is 1. The van der Waals surface area contributed by atoms with Crippen molar-refractivity contribution in [3.63, 3.8) is 0 Å². The zero-order chi connectivity index (χ0) is 18.0. The van der Waals surface area contributed by atoms with Gasteiger partial charge in [0.1, 0.15) is 5.75 Å². The molecule has 0 atom stereocenters. The molecule has 0 saturated heterocycles. The number of aryl methyl sites for hydroxylation is 2. The molecule has 3 aromatic rings. The molecule has 1 aromatic heterocycles. The second kappa shape index (κ2) is 7.08. The second-order valence-electron chi connectivity index (χ2n) is 5.62. The van der Waals surface area contributed by atoms with Gasteiger partial charge >= 0.3 is 0 Å². The lowest BCUT2D eigenvalue weighted by atomic mass is 10.1. The summed E-state index contributed by atoms with van der Waals surface area (Å²) in [5.41, 5.74) is 6.76. The molecule has 7 heteroatoms. The Hall–Kier alpha value is -2.64. The number of hydrogen-bond donors (Lipinski definition) is 3. The number of fused-ring (bicyclic) bond motifs is 1. The van der Waals surface area contributed by atoms with Crippen molar-refractivity contribution in [3.8, 4) is 5.75 Å². The number of nitrogens with zero attached hydrogens (tertiary/aromatic N) is 1. The van der Waals surface area contributed by atoms with E-state index in [9.17, 15) is 4.79 Å². The van der Waals surface area contributed by atoms with Crippen LogP contribution in [0, 0.1) is 13.8 Å². The fraction of sp³-hybridized carbons (Fsp3) is 0.222. The van der Waals surface area contributed by atoms with Crippen molar-refractivity contribution in [2.45, 2.75) is 20.8 Å². The Balaban J connectivity index is 1.90. The minimum Gasteiger partial charge on any atom is -0.494 e. The van der Waals surface area contributed by atoms with E-state index in [0.29, 0.717) is 17.3 Å². The fourth-order valence-corrected chi connectivity index (χ4v) is 3.55. The van der Waals surface area contributed by atoms with Crippen molar-refractivity contribution in [1.82, 2.24) is 4.98 Å². The number of rotatable bonds is 5. The zero-order valence-corrected chi connectivity index (χ0v) is 15.2. The fourth-order valence-electron chi connectivity index (χ4n) is 2.69. The molecular weight excluding hydrogens is 336 g/mol. The van der Waals surface area contributed by atoms with Gasteiger partial charge in [0.15, 0.2) is 5.13 Å². The minimum atomic E-state index is -0.157. The van der Waals surface area contributed by atoms with Crippen LogP contribution in [0.5, 0.6) is 5.75 Å². The lowest BCUT2D eigenvalue weighted by Gasteiger charge is -2.12. The summed E-state index contributed by atoms with van der Waals surface area (Å²) >= 11 is 1.46. The summed E-state index contributed by atoms with van der Waals surface area (Å²) in [5, 5.41) is 3.66. The van der Waals surface area contributed by atoms with E-state index in [1.807, 2.05) is 26.8 Å². The molecule has 6 nitrogen and oxygen atoms in total.